The first-order valence-electron chi connectivity index (χ1n) is 4.39. The van der Waals surface area contributed by atoms with Crippen molar-refractivity contribution in [1.29, 1.82) is 5.26 Å². The van der Waals surface area contributed by atoms with Gasteiger partial charge in [0.1, 0.15) is 0 Å². The molecule has 2 rings (SSSR count). The standard InChI is InChI=1S/C10H12N2/c1-7-8(5-11)6-12-10-4-2-3-9(7)10/h12H,2-4,6H2,1H3. The van der Waals surface area contributed by atoms with E-state index in [9.17, 15) is 0 Å². The Bertz CT molecular complexity index is 315. The topological polar surface area (TPSA) is 35.8 Å². The first-order chi connectivity index (χ1) is 5.83. The van der Waals surface area contributed by atoms with Crippen molar-refractivity contribution >= 4 is 0 Å². The summed E-state index contributed by atoms with van der Waals surface area (Å²) in [6, 6.07) is 2.25. The Morgan fingerprint density at radius 2 is 2.25 bits per heavy atom. The van der Waals surface area contributed by atoms with Crippen molar-refractivity contribution in [3.63, 3.8) is 0 Å². The highest BCUT2D eigenvalue weighted by molar-refractivity contribution is 5.47. The number of allylic oxidation sites excluding steroid dienone is 3. The van der Waals surface area contributed by atoms with E-state index in [1.807, 2.05) is 0 Å². The van der Waals surface area contributed by atoms with Gasteiger partial charge >= 0.3 is 0 Å². The lowest BCUT2D eigenvalue weighted by molar-refractivity contribution is 0.800. The number of nitriles is 1. The summed E-state index contributed by atoms with van der Waals surface area (Å²) in [4.78, 5) is 0. The number of nitrogens with zero attached hydrogens (tertiary/aromatic N) is 1. The van der Waals surface area contributed by atoms with E-state index in [-0.39, 0.29) is 0 Å². The summed E-state index contributed by atoms with van der Waals surface area (Å²) in [5.74, 6) is 0. The second-order valence-electron chi connectivity index (χ2n) is 3.38. The summed E-state index contributed by atoms with van der Waals surface area (Å²) in [6.07, 6.45) is 3.57. The average molecular weight is 160 g/mol. The van der Waals surface area contributed by atoms with Gasteiger partial charge in [0.05, 0.1) is 18.2 Å². The van der Waals surface area contributed by atoms with Crippen LogP contribution in [-0.4, -0.2) is 6.54 Å². The molecule has 2 heteroatoms. The fraction of sp³-hybridized carbons (Fsp3) is 0.500. The van der Waals surface area contributed by atoms with Crippen LogP contribution in [0.2, 0.25) is 0 Å². The van der Waals surface area contributed by atoms with Gasteiger partial charge in [0, 0.05) is 5.70 Å². The summed E-state index contributed by atoms with van der Waals surface area (Å²) in [5.41, 5.74) is 4.92. The van der Waals surface area contributed by atoms with Crippen LogP contribution in [0.4, 0.5) is 0 Å². The Balaban J connectivity index is 2.42. The van der Waals surface area contributed by atoms with E-state index in [1.54, 1.807) is 0 Å². The Morgan fingerprint density at radius 3 is 3.00 bits per heavy atom. The molecule has 2 aliphatic rings. The van der Waals surface area contributed by atoms with Crippen LogP contribution in [0.3, 0.4) is 0 Å². The van der Waals surface area contributed by atoms with Crippen LogP contribution in [0.5, 0.6) is 0 Å². The van der Waals surface area contributed by atoms with Gasteiger partial charge < -0.3 is 5.32 Å². The van der Waals surface area contributed by atoms with Crippen LogP contribution in [0, 0.1) is 11.3 Å². The third kappa shape index (κ3) is 0.937. The third-order valence-electron chi connectivity index (χ3n) is 2.74. The summed E-state index contributed by atoms with van der Waals surface area (Å²) < 4.78 is 0. The summed E-state index contributed by atoms with van der Waals surface area (Å²) in [6.45, 7) is 2.81. The third-order valence-corrected chi connectivity index (χ3v) is 2.74. The predicted octanol–water partition coefficient (Wildman–Crippen LogP) is 1.87. The molecule has 0 radical (unpaired) electrons. The summed E-state index contributed by atoms with van der Waals surface area (Å²) in [5, 5.41) is 12.1. The number of hydrogen-bond donors (Lipinski definition) is 1. The molecule has 1 heterocycles. The normalized spacial score (nSPS) is 22.0. The Kier molecular flexibility index (Phi) is 1.65. The van der Waals surface area contributed by atoms with Gasteiger partial charge in [-0.2, -0.15) is 5.26 Å². The minimum Gasteiger partial charge on any atom is -0.383 e. The van der Waals surface area contributed by atoms with Crippen molar-refractivity contribution in [3.8, 4) is 6.07 Å². The van der Waals surface area contributed by atoms with Gasteiger partial charge in [0.2, 0.25) is 0 Å². The van der Waals surface area contributed by atoms with Crippen LogP contribution in [0.25, 0.3) is 0 Å². The molecule has 0 unspecified atom stereocenters. The average Bonchev–Trinajstić information content (AvgIpc) is 2.53. The largest absolute Gasteiger partial charge is 0.383 e. The van der Waals surface area contributed by atoms with E-state index in [2.05, 4.69) is 18.3 Å². The Morgan fingerprint density at radius 1 is 1.42 bits per heavy atom. The number of rotatable bonds is 0. The van der Waals surface area contributed by atoms with Crippen LogP contribution >= 0.6 is 0 Å². The molecule has 0 bridgehead atoms. The second kappa shape index (κ2) is 2.67. The highest BCUT2D eigenvalue weighted by Gasteiger charge is 2.21. The molecule has 0 saturated heterocycles. The van der Waals surface area contributed by atoms with Crippen molar-refractivity contribution in [2.24, 2.45) is 0 Å². The van der Waals surface area contributed by atoms with Gasteiger partial charge in [-0.3, -0.25) is 0 Å². The molecule has 62 valence electrons. The van der Waals surface area contributed by atoms with Crippen molar-refractivity contribution in [2.75, 3.05) is 6.54 Å². The van der Waals surface area contributed by atoms with Crippen molar-refractivity contribution < 1.29 is 0 Å². The molecule has 1 aliphatic carbocycles. The smallest absolute Gasteiger partial charge is 0.0968 e. The molecule has 0 aromatic heterocycles. The lowest BCUT2D eigenvalue weighted by Gasteiger charge is -2.18. The van der Waals surface area contributed by atoms with Crippen molar-refractivity contribution in [2.45, 2.75) is 26.2 Å². The van der Waals surface area contributed by atoms with Gasteiger partial charge in [0.15, 0.2) is 0 Å². The van der Waals surface area contributed by atoms with E-state index >= 15 is 0 Å². The first kappa shape index (κ1) is 7.42. The monoisotopic (exact) mass is 160 g/mol. The van der Waals surface area contributed by atoms with E-state index in [0.29, 0.717) is 0 Å². The van der Waals surface area contributed by atoms with Gasteiger partial charge in [0.25, 0.3) is 0 Å². The SMILES string of the molecule is CC1=C(C#N)CNC2=C1CCC2. The van der Waals surface area contributed by atoms with Crippen LogP contribution in [0.15, 0.2) is 22.4 Å². The second-order valence-corrected chi connectivity index (χ2v) is 3.38. The maximum Gasteiger partial charge on any atom is 0.0968 e. The Hall–Kier alpha value is -1.23. The lowest BCUT2D eigenvalue weighted by Crippen LogP contribution is -2.21. The number of hydrogen-bond acceptors (Lipinski definition) is 2. The fourth-order valence-corrected chi connectivity index (χ4v) is 1.99. The maximum absolute atomic E-state index is 8.81. The minimum atomic E-state index is 0.737. The summed E-state index contributed by atoms with van der Waals surface area (Å²) >= 11 is 0. The molecule has 2 nitrogen and oxygen atoms in total. The van der Waals surface area contributed by atoms with E-state index in [0.717, 1.165) is 18.5 Å². The summed E-state index contributed by atoms with van der Waals surface area (Å²) in [7, 11) is 0. The highest BCUT2D eigenvalue weighted by atomic mass is 14.9. The van der Waals surface area contributed by atoms with Crippen LogP contribution in [0.1, 0.15) is 26.2 Å². The number of nitrogens with one attached hydrogen (secondary N) is 1. The zero-order chi connectivity index (χ0) is 8.55. The van der Waals surface area contributed by atoms with Crippen molar-refractivity contribution in [3.05, 3.63) is 22.4 Å². The molecule has 0 fully saturated rings. The van der Waals surface area contributed by atoms with Gasteiger partial charge in [-0.15, -0.1) is 0 Å². The molecule has 1 aliphatic heterocycles. The quantitative estimate of drug-likeness (QED) is 0.587. The minimum absolute atomic E-state index is 0.737. The molecule has 0 amide bonds. The predicted molar refractivity (Wildman–Crippen MR) is 47.2 cm³/mol. The van der Waals surface area contributed by atoms with Crippen molar-refractivity contribution in [1.82, 2.24) is 5.32 Å². The highest BCUT2D eigenvalue weighted by Crippen LogP contribution is 2.33. The number of dihydropyridines is 1. The van der Waals surface area contributed by atoms with Crippen LogP contribution in [-0.2, 0) is 0 Å². The molecule has 0 saturated carbocycles. The molecule has 12 heavy (non-hydrogen) atoms. The first-order valence-corrected chi connectivity index (χ1v) is 4.39. The van der Waals surface area contributed by atoms with E-state index in [1.165, 1.54) is 29.7 Å². The molecule has 0 atom stereocenters. The van der Waals surface area contributed by atoms with E-state index < -0.39 is 0 Å². The van der Waals surface area contributed by atoms with Crippen LogP contribution < -0.4 is 5.32 Å². The molecule has 0 spiro atoms. The molecular weight excluding hydrogens is 148 g/mol. The molecule has 0 aromatic carbocycles. The molecule has 0 aromatic rings. The van der Waals surface area contributed by atoms with E-state index in [4.69, 9.17) is 5.26 Å². The Labute approximate surface area is 72.6 Å². The zero-order valence-electron chi connectivity index (χ0n) is 7.28. The van der Waals surface area contributed by atoms with Gasteiger partial charge in [-0.25, -0.2) is 0 Å². The fourth-order valence-electron chi connectivity index (χ4n) is 1.99. The molecule has 1 N–H and O–H groups in total. The zero-order valence-corrected chi connectivity index (χ0v) is 7.28. The maximum atomic E-state index is 8.81. The van der Waals surface area contributed by atoms with Gasteiger partial charge in [-0.1, -0.05) is 0 Å². The van der Waals surface area contributed by atoms with Gasteiger partial charge in [-0.05, 0) is 37.3 Å². The molecular formula is C10H12N2. The lowest BCUT2D eigenvalue weighted by atomic mass is 9.98.